The topological polar surface area (TPSA) is 81.4 Å². The predicted molar refractivity (Wildman–Crippen MR) is 105 cm³/mol. The molecular formula is C22H14F2N2O4. The quantitative estimate of drug-likeness (QED) is 0.490. The number of fused-ring (bicyclic) bond motifs is 1. The van der Waals surface area contributed by atoms with Crippen molar-refractivity contribution in [3.63, 3.8) is 0 Å². The summed E-state index contributed by atoms with van der Waals surface area (Å²) in [6.07, 6.45) is 0. The van der Waals surface area contributed by atoms with Crippen molar-refractivity contribution in [2.45, 2.75) is 0 Å². The maximum atomic E-state index is 13.2. The highest BCUT2D eigenvalue weighted by molar-refractivity contribution is 6.00. The molecule has 30 heavy (non-hydrogen) atoms. The number of nitrogens with one attached hydrogen (secondary N) is 1. The average Bonchev–Trinajstić information content (AvgIpc) is 3.18. The molecule has 8 heteroatoms. The molecule has 4 rings (SSSR count). The first kappa shape index (κ1) is 19.3. The summed E-state index contributed by atoms with van der Waals surface area (Å²) >= 11 is 0. The highest BCUT2D eigenvalue weighted by Gasteiger charge is 2.16. The van der Waals surface area contributed by atoms with E-state index in [1.165, 1.54) is 12.1 Å². The molecule has 150 valence electrons. The highest BCUT2D eigenvalue weighted by Crippen LogP contribution is 2.29. The zero-order chi connectivity index (χ0) is 21.1. The first-order valence-electron chi connectivity index (χ1n) is 8.88. The lowest BCUT2D eigenvalue weighted by Gasteiger charge is -2.07. The van der Waals surface area contributed by atoms with Gasteiger partial charge in [0.15, 0.2) is 24.0 Å². The molecule has 4 aromatic rings. The summed E-state index contributed by atoms with van der Waals surface area (Å²) in [6, 6.07) is 16.9. The minimum absolute atomic E-state index is 0.0494. The number of aromatic nitrogens is 1. The van der Waals surface area contributed by atoms with E-state index in [-0.39, 0.29) is 11.3 Å². The number of rotatable bonds is 5. The lowest BCUT2D eigenvalue weighted by atomic mass is 10.1. The van der Waals surface area contributed by atoms with Gasteiger partial charge in [-0.15, -0.1) is 0 Å². The number of esters is 1. The van der Waals surface area contributed by atoms with Crippen molar-refractivity contribution in [1.82, 2.24) is 5.16 Å². The van der Waals surface area contributed by atoms with Crippen LogP contribution in [0.25, 0.3) is 22.2 Å². The number of hydrogen-bond donors (Lipinski definition) is 1. The monoisotopic (exact) mass is 408 g/mol. The van der Waals surface area contributed by atoms with Gasteiger partial charge in [-0.2, -0.15) is 0 Å². The van der Waals surface area contributed by atoms with Crippen molar-refractivity contribution in [3.8, 4) is 11.3 Å². The molecule has 0 fully saturated rings. The number of amides is 1. The summed E-state index contributed by atoms with van der Waals surface area (Å²) in [7, 11) is 0. The molecule has 1 N–H and O–H groups in total. The molecule has 1 heterocycles. The Kier molecular flexibility index (Phi) is 5.21. The Labute approximate surface area is 169 Å². The number of benzene rings is 3. The van der Waals surface area contributed by atoms with Gasteiger partial charge in [-0.3, -0.25) is 4.79 Å². The summed E-state index contributed by atoms with van der Waals surface area (Å²) in [4.78, 5) is 24.3. The van der Waals surface area contributed by atoms with E-state index in [9.17, 15) is 18.4 Å². The molecule has 1 amide bonds. The average molecular weight is 408 g/mol. The van der Waals surface area contributed by atoms with E-state index in [1.54, 1.807) is 12.1 Å². The van der Waals surface area contributed by atoms with Gasteiger partial charge in [-0.25, -0.2) is 13.6 Å². The van der Waals surface area contributed by atoms with E-state index in [1.807, 2.05) is 30.3 Å². The van der Waals surface area contributed by atoms with Crippen molar-refractivity contribution < 1.29 is 27.6 Å². The standard InChI is InChI=1S/C22H14F2N2O4/c23-17-8-7-15(11-18(17)24)25-20(27)12-29-22(28)14-6-9-19-16(10-14)21(30-26-19)13-4-2-1-3-5-13/h1-11H,12H2,(H,25,27). The van der Waals surface area contributed by atoms with Crippen LogP contribution in [-0.2, 0) is 9.53 Å². The highest BCUT2D eigenvalue weighted by atomic mass is 19.2. The second-order valence-corrected chi connectivity index (χ2v) is 6.36. The lowest BCUT2D eigenvalue weighted by Crippen LogP contribution is -2.21. The van der Waals surface area contributed by atoms with Crippen LogP contribution in [0.3, 0.4) is 0 Å². The van der Waals surface area contributed by atoms with Gasteiger partial charge in [0.05, 0.1) is 10.9 Å². The van der Waals surface area contributed by atoms with Gasteiger partial charge in [0.1, 0.15) is 5.52 Å². The van der Waals surface area contributed by atoms with Crippen molar-refractivity contribution in [2.24, 2.45) is 0 Å². The minimum Gasteiger partial charge on any atom is -0.452 e. The molecule has 0 spiro atoms. The number of ether oxygens (including phenoxy) is 1. The zero-order valence-electron chi connectivity index (χ0n) is 15.4. The molecule has 0 saturated heterocycles. The van der Waals surface area contributed by atoms with Crippen LogP contribution in [0.5, 0.6) is 0 Å². The molecule has 0 aliphatic rings. The zero-order valence-corrected chi connectivity index (χ0v) is 15.4. The van der Waals surface area contributed by atoms with Crippen LogP contribution in [0.1, 0.15) is 10.4 Å². The molecule has 3 aromatic carbocycles. The van der Waals surface area contributed by atoms with Gasteiger partial charge in [0.2, 0.25) is 0 Å². The molecule has 0 aliphatic heterocycles. The molecule has 0 atom stereocenters. The predicted octanol–water partition coefficient (Wildman–Crippen LogP) is 4.57. The Morgan fingerprint density at radius 2 is 1.77 bits per heavy atom. The second kappa shape index (κ2) is 8.12. The number of halogens is 2. The Morgan fingerprint density at radius 1 is 0.967 bits per heavy atom. The summed E-state index contributed by atoms with van der Waals surface area (Å²) in [5, 5.41) is 6.93. The molecular weight excluding hydrogens is 394 g/mol. The van der Waals surface area contributed by atoms with Crippen molar-refractivity contribution in [3.05, 3.63) is 83.9 Å². The van der Waals surface area contributed by atoms with Crippen LogP contribution in [0, 0.1) is 11.6 Å². The molecule has 0 radical (unpaired) electrons. The third kappa shape index (κ3) is 4.02. The summed E-state index contributed by atoms with van der Waals surface area (Å²) in [5.41, 5.74) is 1.63. The Hall–Kier alpha value is -4.07. The van der Waals surface area contributed by atoms with E-state index in [4.69, 9.17) is 9.26 Å². The van der Waals surface area contributed by atoms with Crippen molar-refractivity contribution >= 4 is 28.5 Å². The van der Waals surface area contributed by atoms with Gasteiger partial charge in [-0.1, -0.05) is 35.5 Å². The molecule has 0 aliphatic carbocycles. The van der Waals surface area contributed by atoms with Gasteiger partial charge in [-0.05, 0) is 30.3 Å². The van der Waals surface area contributed by atoms with Crippen LogP contribution in [-0.4, -0.2) is 23.6 Å². The van der Waals surface area contributed by atoms with E-state index >= 15 is 0 Å². The summed E-state index contributed by atoms with van der Waals surface area (Å²) < 4.78 is 36.5. The third-order valence-electron chi connectivity index (χ3n) is 4.29. The van der Waals surface area contributed by atoms with Crippen LogP contribution in [0.15, 0.2) is 71.3 Å². The van der Waals surface area contributed by atoms with E-state index in [0.717, 1.165) is 17.7 Å². The Balaban J connectivity index is 1.45. The smallest absolute Gasteiger partial charge is 0.338 e. The van der Waals surface area contributed by atoms with Gasteiger partial charge in [0, 0.05) is 17.3 Å². The second-order valence-electron chi connectivity index (χ2n) is 6.36. The van der Waals surface area contributed by atoms with Gasteiger partial charge >= 0.3 is 5.97 Å². The fourth-order valence-electron chi connectivity index (χ4n) is 2.85. The number of anilines is 1. The van der Waals surface area contributed by atoms with E-state index in [0.29, 0.717) is 16.7 Å². The van der Waals surface area contributed by atoms with E-state index < -0.39 is 30.1 Å². The van der Waals surface area contributed by atoms with Crippen LogP contribution >= 0.6 is 0 Å². The number of carbonyl (C=O) groups is 2. The lowest BCUT2D eigenvalue weighted by molar-refractivity contribution is -0.119. The third-order valence-corrected chi connectivity index (χ3v) is 4.29. The summed E-state index contributed by atoms with van der Waals surface area (Å²) in [5.74, 6) is -3.03. The molecule has 6 nitrogen and oxygen atoms in total. The maximum absolute atomic E-state index is 13.2. The first-order valence-corrected chi connectivity index (χ1v) is 8.88. The largest absolute Gasteiger partial charge is 0.452 e. The van der Waals surface area contributed by atoms with Crippen molar-refractivity contribution in [2.75, 3.05) is 11.9 Å². The normalized spacial score (nSPS) is 10.7. The number of nitrogens with zero attached hydrogens (tertiary/aromatic N) is 1. The van der Waals surface area contributed by atoms with Crippen LogP contribution in [0.4, 0.5) is 14.5 Å². The van der Waals surface area contributed by atoms with Crippen LogP contribution < -0.4 is 5.32 Å². The summed E-state index contributed by atoms with van der Waals surface area (Å²) in [6.45, 7) is -0.592. The molecule has 0 unspecified atom stereocenters. The fraction of sp³-hybridized carbons (Fsp3) is 0.0455. The maximum Gasteiger partial charge on any atom is 0.338 e. The number of carbonyl (C=O) groups excluding carboxylic acids is 2. The fourth-order valence-corrected chi connectivity index (χ4v) is 2.85. The van der Waals surface area contributed by atoms with Gasteiger partial charge < -0.3 is 14.6 Å². The minimum atomic E-state index is -1.10. The molecule has 1 aromatic heterocycles. The SMILES string of the molecule is O=C(COC(=O)c1ccc2noc(-c3ccccc3)c2c1)Nc1ccc(F)c(F)c1. The van der Waals surface area contributed by atoms with Crippen molar-refractivity contribution in [1.29, 1.82) is 0 Å². The Bertz CT molecular complexity index is 1240. The molecule has 0 bridgehead atoms. The van der Waals surface area contributed by atoms with Crippen LogP contribution in [0.2, 0.25) is 0 Å². The van der Waals surface area contributed by atoms with Gasteiger partial charge in [0.25, 0.3) is 5.91 Å². The first-order chi connectivity index (χ1) is 14.5. The number of hydrogen-bond acceptors (Lipinski definition) is 5. The Morgan fingerprint density at radius 3 is 2.53 bits per heavy atom. The van der Waals surface area contributed by atoms with E-state index in [2.05, 4.69) is 10.5 Å². The molecule has 0 saturated carbocycles.